The van der Waals surface area contributed by atoms with Gasteiger partial charge in [-0.15, -0.1) is 0 Å². The van der Waals surface area contributed by atoms with Crippen LogP contribution in [0.3, 0.4) is 0 Å². The highest BCUT2D eigenvalue weighted by atomic mass is 35.5. The number of carbonyl (C=O) groups is 1. The molecule has 0 unspecified atom stereocenters. The summed E-state index contributed by atoms with van der Waals surface area (Å²) in [6, 6.07) is 3.11. The summed E-state index contributed by atoms with van der Waals surface area (Å²) in [5.41, 5.74) is 5.50. The Labute approximate surface area is 104 Å². The third-order valence-corrected chi connectivity index (χ3v) is 3.47. The summed E-state index contributed by atoms with van der Waals surface area (Å²) in [4.78, 5) is 11.0. The van der Waals surface area contributed by atoms with Gasteiger partial charge in [0.05, 0.1) is 5.69 Å². The lowest BCUT2D eigenvalue weighted by Gasteiger charge is -2.09. The Kier molecular flexibility index (Phi) is 4.19. The van der Waals surface area contributed by atoms with E-state index in [1.807, 2.05) is 4.72 Å². The zero-order valence-corrected chi connectivity index (χ0v) is 10.6. The van der Waals surface area contributed by atoms with E-state index in [1.165, 1.54) is 18.2 Å². The molecule has 8 heteroatoms. The Morgan fingerprint density at radius 2 is 2.12 bits per heavy atom. The van der Waals surface area contributed by atoms with Gasteiger partial charge in [0, 0.05) is 11.6 Å². The Bertz CT molecular complexity index is 530. The third-order valence-electron chi connectivity index (χ3n) is 1.83. The van der Waals surface area contributed by atoms with Gasteiger partial charge in [0.25, 0.3) is 10.0 Å². The Hall–Kier alpha value is -1.47. The van der Waals surface area contributed by atoms with E-state index in [-0.39, 0.29) is 10.6 Å². The molecule has 0 saturated carbocycles. The predicted molar refractivity (Wildman–Crippen MR) is 65.3 cm³/mol. The standard InChI is InChI=1S/C9H12ClN3O3S/c1-2-12-9(14)13-17(15,16)8-4-3-6(10)5-7(8)11/h3-5H,2,11H2,1H3,(H2,12,13,14). The molecule has 0 heterocycles. The van der Waals surface area contributed by atoms with Gasteiger partial charge in [-0.25, -0.2) is 17.9 Å². The van der Waals surface area contributed by atoms with Crippen molar-refractivity contribution in [3.05, 3.63) is 23.2 Å². The van der Waals surface area contributed by atoms with Crippen LogP contribution < -0.4 is 15.8 Å². The van der Waals surface area contributed by atoms with Crippen LogP contribution in [0.4, 0.5) is 10.5 Å². The van der Waals surface area contributed by atoms with Crippen molar-refractivity contribution in [1.82, 2.24) is 10.0 Å². The summed E-state index contributed by atoms with van der Waals surface area (Å²) in [6.07, 6.45) is 0. The van der Waals surface area contributed by atoms with Gasteiger partial charge in [-0.1, -0.05) is 11.6 Å². The lowest BCUT2D eigenvalue weighted by molar-refractivity contribution is 0.246. The first kappa shape index (κ1) is 13.6. The van der Waals surface area contributed by atoms with Gasteiger partial charge in [0.1, 0.15) is 4.90 Å². The van der Waals surface area contributed by atoms with E-state index in [2.05, 4.69) is 5.32 Å². The van der Waals surface area contributed by atoms with Gasteiger partial charge >= 0.3 is 6.03 Å². The van der Waals surface area contributed by atoms with Crippen molar-refractivity contribution in [2.45, 2.75) is 11.8 Å². The molecular formula is C9H12ClN3O3S. The van der Waals surface area contributed by atoms with E-state index in [4.69, 9.17) is 17.3 Å². The van der Waals surface area contributed by atoms with Crippen molar-refractivity contribution in [1.29, 1.82) is 0 Å². The molecule has 1 rings (SSSR count). The van der Waals surface area contributed by atoms with Crippen molar-refractivity contribution in [2.24, 2.45) is 0 Å². The Morgan fingerprint density at radius 3 is 2.65 bits per heavy atom. The monoisotopic (exact) mass is 277 g/mol. The second kappa shape index (κ2) is 5.24. The first-order valence-electron chi connectivity index (χ1n) is 4.72. The van der Waals surface area contributed by atoms with E-state index < -0.39 is 16.1 Å². The number of hydrogen-bond donors (Lipinski definition) is 3. The number of rotatable bonds is 3. The van der Waals surface area contributed by atoms with Gasteiger partial charge in [-0.2, -0.15) is 0 Å². The van der Waals surface area contributed by atoms with Crippen LogP contribution >= 0.6 is 11.6 Å². The van der Waals surface area contributed by atoms with Crippen molar-refractivity contribution >= 4 is 33.3 Å². The summed E-state index contributed by atoms with van der Waals surface area (Å²) in [5.74, 6) is 0. The molecule has 6 nitrogen and oxygen atoms in total. The smallest absolute Gasteiger partial charge is 0.328 e. The van der Waals surface area contributed by atoms with Crippen molar-refractivity contribution < 1.29 is 13.2 Å². The molecule has 2 amide bonds. The third kappa shape index (κ3) is 3.50. The SMILES string of the molecule is CCNC(=O)NS(=O)(=O)c1ccc(Cl)cc1N. The molecule has 4 N–H and O–H groups in total. The van der Waals surface area contributed by atoms with E-state index in [0.29, 0.717) is 11.6 Å². The molecule has 0 atom stereocenters. The molecule has 1 aromatic rings. The van der Waals surface area contributed by atoms with Crippen LogP contribution in [-0.2, 0) is 10.0 Å². The van der Waals surface area contributed by atoms with Crippen LogP contribution in [0.5, 0.6) is 0 Å². The average Bonchev–Trinajstić information content (AvgIpc) is 2.15. The summed E-state index contributed by atoms with van der Waals surface area (Å²) >= 11 is 5.65. The lowest BCUT2D eigenvalue weighted by Crippen LogP contribution is -2.39. The van der Waals surface area contributed by atoms with Crippen LogP contribution in [0, 0.1) is 0 Å². The van der Waals surface area contributed by atoms with Gasteiger partial charge < -0.3 is 11.1 Å². The molecular weight excluding hydrogens is 266 g/mol. The number of urea groups is 1. The maximum Gasteiger partial charge on any atom is 0.328 e. The molecule has 0 spiro atoms. The van der Waals surface area contributed by atoms with E-state index >= 15 is 0 Å². The first-order chi connectivity index (χ1) is 7.86. The normalized spacial score (nSPS) is 10.9. The lowest BCUT2D eigenvalue weighted by atomic mass is 10.3. The molecule has 0 aliphatic heterocycles. The zero-order chi connectivity index (χ0) is 13.1. The number of nitrogen functional groups attached to an aromatic ring is 1. The number of halogens is 1. The molecule has 0 radical (unpaired) electrons. The minimum atomic E-state index is -3.97. The number of nitrogens with one attached hydrogen (secondary N) is 2. The van der Waals surface area contributed by atoms with Gasteiger partial charge in [-0.05, 0) is 25.1 Å². The van der Waals surface area contributed by atoms with Gasteiger partial charge in [0.15, 0.2) is 0 Å². The first-order valence-corrected chi connectivity index (χ1v) is 6.58. The average molecular weight is 278 g/mol. The maximum atomic E-state index is 11.8. The summed E-state index contributed by atoms with van der Waals surface area (Å²) < 4.78 is 25.3. The molecule has 0 aliphatic carbocycles. The number of nitrogens with two attached hydrogens (primary N) is 1. The molecule has 0 aromatic heterocycles. The number of hydrogen-bond acceptors (Lipinski definition) is 4. The molecule has 94 valence electrons. The summed E-state index contributed by atoms with van der Waals surface area (Å²) in [7, 11) is -3.97. The number of amides is 2. The van der Waals surface area contributed by atoms with Crippen LogP contribution in [0.25, 0.3) is 0 Å². The molecule has 0 aliphatic rings. The van der Waals surface area contributed by atoms with Crippen LogP contribution in [0.2, 0.25) is 5.02 Å². The summed E-state index contributed by atoms with van der Waals surface area (Å²) in [6.45, 7) is 1.99. The van der Waals surface area contributed by atoms with Crippen LogP contribution in [0.1, 0.15) is 6.92 Å². The fraction of sp³-hybridized carbons (Fsp3) is 0.222. The quantitative estimate of drug-likeness (QED) is 0.715. The Morgan fingerprint density at radius 1 is 1.47 bits per heavy atom. The minimum absolute atomic E-state index is 0.0192. The van der Waals surface area contributed by atoms with Crippen molar-refractivity contribution in [3.63, 3.8) is 0 Å². The molecule has 0 bridgehead atoms. The molecule has 0 saturated heterocycles. The highest BCUT2D eigenvalue weighted by molar-refractivity contribution is 7.90. The van der Waals surface area contributed by atoms with Crippen LogP contribution in [-0.4, -0.2) is 21.0 Å². The highest BCUT2D eigenvalue weighted by Gasteiger charge is 2.19. The van der Waals surface area contributed by atoms with Crippen molar-refractivity contribution in [3.8, 4) is 0 Å². The van der Waals surface area contributed by atoms with Gasteiger partial charge in [0.2, 0.25) is 0 Å². The Balaban J connectivity index is 3.01. The second-order valence-electron chi connectivity index (χ2n) is 3.15. The topological polar surface area (TPSA) is 101 Å². The fourth-order valence-corrected chi connectivity index (χ4v) is 2.36. The number of sulfonamides is 1. The zero-order valence-electron chi connectivity index (χ0n) is 9.03. The fourth-order valence-electron chi connectivity index (χ4n) is 1.14. The highest BCUT2D eigenvalue weighted by Crippen LogP contribution is 2.21. The van der Waals surface area contributed by atoms with E-state index in [0.717, 1.165) is 0 Å². The largest absolute Gasteiger partial charge is 0.398 e. The number of benzene rings is 1. The second-order valence-corrected chi connectivity index (χ2v) is 5.23. The van der Waals surface area contributed by atoms with Crippen LogP contribution in [0.15, 0.2) is 23.1 Å². The summed E-state index contributed by atoms with van der Waals surface area (Å²) in [5, 5.41) is 2.63. The predicted octanol–water partition coefficient (Wildman–Crippen LogP) is 0.930. The maximum absolute atomic E-state index is 11.8. The van der Waals surface area contributed by atoms with E-state index in [9.17, 15) is 13.2 Å². The number of anilines is 1. The minimum Gasteiger partial charge on any atom is -0.398 e. The van der Waals surface area contributed by atoms with Gasteiger partial charge in [-0.3, -0.25) is 0 Å². The van der Waals surface area contributed by atoms with E-state index in [1.54, 1.807) is 6.92 Å². The number of carbonyl (C=O) groups excluding carboxylic acids is 1. The molecule has 1 aromatic carbocycles. The van der Waals surface area contributed by atoms with Crippen molar-refractivity contribution in [2.75, 3.05) is 12.3 Å². The molecule has 17 heavy (non-hydrogen) atoms. The molecule has 0 fully saturated rings.